The summed E-state index contributed by atoms with van der Waals surface area (Å²) in [5.41, 5.74) is 5.15. The molecule has 2 aromatic heterocycles. The molecule has 3 heteroatoms. The number of nitrogens with zero attached hydrogens (tertiary/aromatic N) is 2. The van der Waals surface area contributed by atoms with Crippen molar-refractivity contribution >= 4 is 21.5 Å². The molecule has 1 N–H and O–H groups in total. The summed E-state index contributed by atoms with van der Waals surface area (Å²) in [5, 5.41) is 12.3. The van der Waals surface area contributed by atoms with Crippen molar-refractivity contribution in [1.29, 1.82) is 0 Å². The fourth-order valence-electron chi connectivity index (χ4n) is 3.50. The number of hydrogen-bond acceptors (Lipinski definition) is 2. The monoisotopic (exact) mass is 335 g/mol. The van der Waals surface area contributed by atoms with E-state index in [4.69, 9.17) is 0 Å². The number of hydrogen-bond donors (Lipinski definition) is 1. The molecule has 2 heterocycles. The van der Waals surface area contributed by atoms with E-state index >= 15 is 0 Å². The van der Waals surface area contributed by atoms with E-state index < -0.39 is 0 Å². The van der Waals surface area contributed by atoms with Crippen LogP contribution < -0.4 is 0 Å². The van der Waals surface area contributed by atoms with Gasteiger partial charge in [-0.15, -0.1) is 0 Å². The number of aryl methyl sites for hydroxylation is 1. The van der Waals surface area contributed by atoms with Gasteiger partial charge in [0.25, 0.3) is 0 Å². The molecule has 0 aliphatic rings. The molecule has 124 valence electrons. The standard InChI is InChI=1S/C23H17N3/c1-15-12-23(26-25-15)22-14-18(10-11-24-22)17-8-9-21-19(13-17)7-6-16-4-2-3-5-20(16)21/h2-14H,1H3,(H,25,26). The maximum Gasteiger partial charge on any atom is 0.0886 e. The van der Waals surface area contributed by atoms with E-state index in [1.165, 1.54) is 27.1 Å². The number of aromatic amines is 1. The quantitative estimate of drug-likeness (QED) is 0.417. The lowest BCUT2D eigenvalue weighted by atomic mass is 9.97. The predicted octanol–water partition coefficient (Wildman–Crippen LogP) is 5.75. The van der Waals surface area contributed by atoms with E-state index in [-0.39, 0.29) is 0 Å². The van der Waals surface area contributed by atoms with Crippen LogP contribution in [0.5, 0.6) is 0 Å². The lowest BCUT2D eigenvalue weighted by Gasteiger charge is -2.08. The Bertz CT molecular complexity index is 1250. The Morgan fingerprint density at radius 2 is 1.54 bits per heavy atom. The molecule has 0 fully saturated rings. The highest BCUT2D eigenvalue weighted by Gasteiger charge is 2.07. The second-order valence-electron chi connectivity index (χ2n) is 6.58. The van der Waals surface area contributed by atoms with Gasteiger partial charge in [0, 0.05) is 6.20 Å². The first-order valence-corrected chi connectivity index (χ1v) is 8.68. The summed E-state index contributed by atoms with van der Waals surface area (Å²) in [4.78, 5) is 4.48. The normalized spacial score (nSPS) is 11.3. The fourth-order valence-corrected chi connectivity index (χ4v) is 3.50. The van der Waals surface area contributed by atoms with E-state index in [9.17, 15) is 0 Å². The van der Waals surface area contributed by atoms with Gasteiger partial charge in [-0.2, -0.15) is 5.10 Å². The van der Waals surface area contributed by atoms with Gasteiger partial charge >= 0.3 is 0 Å². The molecular formula is C23H17N3. The zero-order valence-electron chi connectivity index (χ0n) is 14.4. The second kappa shape index (κ2) is 5.81. The Labute approximate surface area is 151 Å². The molecule has 3 nitrogen and oxygen atoms in total. The Hall–Kier alpha value is -3.46. The Kier molecular flexibility index (Phi) is 3.32. The molecule has 0 amide bonds. The molecule has 5 aromatic rings. The van der Waals surface area contributed by atoms with Crippen LogP contribution in [0.1, 0.15) is 5.69 Å². The number of pyridine rings is 1. The number of benzene rings is 3. The second-order valence-corrected chi connectivity index (χ2v) is 6.58. The summed E-state index contributed by atoms with van der Waals surface area (Å²) in [6, 6.07) is 25.7. The average Bonchev–Trinajstić information content (AvgIpc) is 3.14. The number of nitrogens with one attached hydrogen (secondary N) is 1. The highest BCUT2D eigenvalue weighted by atomic mass is 15.1. The van der Waals surface area contributed by atoms with Gasteiger partial charge in [0.1, 0.15) is 0 Å². The molecule has 0 aliphatic carbocycles. The number of fused-ring (bicyclic) bond motifs is 3. The molecule has 0 saturated heterocycles. The van der Waals surface area contributed by atoms with Gasteiger partial charge in [0.15, 0.2) is 0 Å². The van der Waals surface area contributed by atoms with Crippen molar-refractivity contribution in [1.82, 2.24) is 15.2 Å². The molecule has 5 rings (SSSR count). The minimum atomic E-state index is 0.904. The zero-order valence-corrected chi connectivity index (χ0v) is 14.4. The molecule has 0 unspecified atom stereocenters. The van der Waals surface area contributed by atoms with Crippen molar-refractivity contribution in [3.05, 3.63) is 84.7 Å². The summed E-state index contributed by atoms with van der Waals surface area (Å²) in [7, 11) is 0. The smallest absolute Gasteiger partial charge is 0.0886 e. The molecule has 3 aromatic carbocycles. The molecule has 0 saturated carbocycles. The van der Waals surface area contributed by atoms with Crippen molar-refractivity contribution < 1.29 is 0 Å². The lowest BCUT2D eigenvalue weighted by molar-refractivity contribution is 1.04. The average molecular weight is 335 g/mol. The van der Waals surface area contributed by atoms with Crippen molar-refractivity contribution in [2.75, 3.05) is 0 Å². The third-order valence-electron chi connectivity index (χ3n) is 4.82. The number of rotatable bonds is 2. The van der Waals surface area contributed by atoms with Gasteiger partial charge in [-0.25, -0.2) is 0 Å². The first-order valence-electron chi connectivity index (χ1n) is 8.68. The van der Waals surface area contributed by atoms with Crippen LogP contribution >= 0.6 is 0 Å². The molecule has 0 atom stereocenters. The van der Waals surface area contributed by atoms with Gasteiger partial charge in [-0.1, -0.05) is 48.5 Å². The molecule has 0 radical (unpaired) electrons. The summed E-state index contributed by atoms with van der Waals surface area (Å²) in [6.45, 7) is 1.97. The van der Waals surface area contributed by atoms with Gasteiger partial charge in [0.2, 0.25) is 0 Å². The molecule has 0 bridgehead atoms. The van der Waals surface area contributed by atoms with Crippen LogP contribution in [0.4, 0.5) is 0 Å². The van der Waals surface area contributed by atoms with Gasteiger partial charge < -0.3 is 0 Å². The maximum atomic E-state index is 4.48. The van der Waals surface area contributed by atoms with Crippen molar-refractivity contribution in [3.8, 4) is 22.5 Å². The van der Waals surface area contributed by atoms with Crippen LogP contribution in [0.2, 0.25) is 0 Å². The first kappa shape index (κ1) is 14.8. The van der Waals surface area contributed by atoms with E-state index in [1.807, 2.05) is 19.2 Å². The molecule has 0 spiro atoms. The van der Waals surface area contributed by atoms with E-state index in [0.29, 0.717) is 0 Å². The highest BCUT2D eigenvalue weighted by molar-refractivity contribution is 6.08. The summed E-state index contributed by atoms with van der Waals surface area (Å²) in [5.74, 6) is 0. The van der Waals surface area contributed by atoms with E-state index in [1.54, 1.807) is 0 Å². The van der Waals surface area contributed by atoms with Crippen molar-refractivity contribution in [2.45, 2.75) is 6.92 Å². The fraction of sp³-hybridized carbons (Fsp3) is 0.0435. The van der Waals surface area contributed by atoms with Crippen LogP contribution in [0.15, 0.2) is 79.0 Å². The van der Waals surface area contributed by atoms with Crippen LogP contribution in [-0.2, 0) is 0 Å². The lowest BCUT2D eigenvalue weighted by Crippen LogP contribution is -1.86. The van der Waals surface area contributed by atoms with Crippen LogP contribution in [-0.4, -0.2) is 15.2 Å². The van der Waals surface area contributed by atoms with Crippen molar-refractivity contribution in [2.24, 2.45) is 0 Å². The zero-order chi connectivity index (χ0) is 17.5. The van der Waals surface area contributed by atoms with Gasteiger partial charge in [0.05, 0.1) is 17.1 Å². The van der Waals surface area contributed by atoms with Crippen LogP contribution in [0, 0.1) is 6.92 Å². The molecular weight excluding hydrogens is 318 g/mol. The largest absolute Gasteiger partial charge is 0.276 e. The Morgan fingerprint density at radius 3 is 2.42 bits per heavy atom. The molecule has 0 aliphatic heterocycles. The highest BCUT2D eigenvalue weighted by Crippen LogP contribution is 2.30. The van der Waals surface area contributed by atoms with Gasteiger partial charge in [-0.05, 0) is 63.9 Å². The first-order chi connectivity index (χ1) is 12.8. The minimum Gasteiger partial charge on any atom is -0.276 e. The SMILES string of the molecule is Cc1cc(-c2cc(-c3ccc4c(ccc5ccccc54)c3)ccn2)[nH]n1. The minimum absolute atomic E-state index is 0.904. The number of aromatic nitrogens is 3. The van der Waals surface area contributed by atoms with Crippen molar-refractivity contribution in [3.63, 3.8) is 0 Å². The van der Waals surface area contributed by atoms with E-state index in [2.05, 4.69) is 81.9 Å². The predicted molar refractivity (Wildman–Crippen MR) is 107 cm³/mol. The summed E-state index contributed by atoms with van der Waals surface area (Å²) >= 11 is 0. The third-order valence-corrected chi connectivity index (χ3v) is 4.82. The maximum absolute atomic E-state index is 4.48. The van der Waals surface area contributed by atoms with E-state index in [0.717, 1.165) is 22.6 Å². The third kappa shape index (κ3) is 2.45. The Morgan fingerprint density at radius 1 is 0.731 bits per heavy atom. The molecule has 26 heavy (non-hydrogen) atoms. The topological polar surface area (TPSA) is 41.6 Å². The van der Waals surface area contributed by atoms with Crippen LogP contribution in [0.25, 0.3) is 44.1 Å². The van der Waals surface area contributed by atoms with Crippen LogP contribution in [0.3, 0.4) is 0 Å². The number of H-pyrrole nitrogens is 1. The summed E-state index contributed by atoms with van der Waals surface area (Å²) in [6.07, 6.45) is 1.85. The summed E-state index contributed by atoms with van der Waals surface area (Å²) < 4.78 is 0. The van der Waals surface area contributed by atoms with Gasteiger partial charge in [-0.3, -0.25) is 10.1 Å². The Balaban J connectivity index is 1.64.